The van der Waals surface area contributed by atoms with Crippen LogP contribution in [0.5, 0.6) is 0 Å². The number of methoxy groups -OCH3 is 2. The van der Waals surface area contributed by atoms with Crippen molar-refractivity contribution in [3.63, 3.8) is 0 Å². The van der Waals surface area contributed by atoms with Gasteiger partial charge in [-0.3, -0.25) is 4.79 Å². The maximum absolute atomic E-state index is 12.7. The lowest BCUT2D eigenvalue weighted by molar-refractivity contribution is -0.115. The normalized spacial score (nSPS) is 15.0. The van der Waals surface area contributed by atoms with E-state index in [9.17, 15) is 14.4 Å². The lowest BCUT2D eigenvalue weighted by Gasteiger charge is -2.24. The van der Waals surface area contributed by atoms with E-state index in [4.69, 9.17) is 9.47 Å². The number of benzene rings is 2. The Morgan fingerprint density at radius 2 is 1.79 bits per heavy atom. The third-order valence-electron chi connectivity index (χ3n) is 4.78. The average molecular weight is 382 g/mol. The molecule has 146 valence electrons. The molecule has 1 aliphatic rings. The molecule has 3 rings (SSSR count). The number of ether oxygens (including phenoxy) is 2. The zero-order valence-electron chi connectivity index (χ0n) is 16.0. The minimum Gasteiger partial charge on any atom is -0.465 e. The molecule has 0 fully saturated rings. The van der Waals surface area contributed by atoms with Gasteiger partial charge in [0.1, 0.15) is 0 Å². The van der Waals surface area contributed by atoms with Crippen LogP contribution in [0.2, 0.25) is 0 Å². The number of nitrogens with one attached hydrogen (secondary N) is 1. The zero-order chi connectivity index (χ0) is 20.3. The van der Waals surface area contributed by atoms with Crippen LogP contribution in [-0.4, -0.2) is 44.7 Å². The minimum absolute atomic E-state index is 0.126. The molecule has 7 heteroatoms. The summed E-state index contributed by atoms with van der Waals surface area (Å²) in [4.78, 5) is 38.6. The van der Waals surface area contributed by atoms with Crippen LogP contribution in [0.25, 0.3) is 0 Å². The van der Waals surface area contributed by atoms with E-state index in [1.165, 1.54) is 38.0 Å². The summed E-state index contributed by atoms with van der Waals surface area (Å²) in [6.07, 6.45) is 0.870. The third kappa shape index (κ3) is 3.83. The second-order valence-electron chi connectivity index (χ2n) is 6.60. The van der Waals surface area contributed by atoms with Crippen LogP contribution in [0.4, 0.5) is 11.4 Å². The van der Waals surface area contributed by atoms with Crippen LogP contribution in [0.1, 0.15) is 33.2 Å². The van der Waals surface area contributed by atoms with Crippen molar-refractivity contribution >= 4 is 29.2 Å². The van der Waals surface area contributed by atoms with Crippen molar-refractivity contribution in [2.45, 2.75) is 19.4 Å². The first-order chi connectivity index (χ1) is 13.4. The van der Waals surface area contributed by atoms with Crippen molar-refractivity contribution < 1.29 is 23.9 Å². The van der Waals surface area contributed by atoms with E-state index in [-0.39, 0.29) is 35.3 Å². The number of carbonyl (C=O) groups excluding carboxylic acids is 3. The lowest BCUT2D eigenvalue weighted by atomic mass is 10.1. The number of hydrogen-bond donors (Lipinski definition) is 1. The second-order valence-corrected chi connectivity index (χ2v) is 6.60. The molecule has 2 aromatic rings. The van der Waals surface area contributed by atoms with Gasteiger partial charge >= 0.3 is 11.9 Å². The van der Waals surface area contributed by atoms with Crippen LogP contribution in [0, 0.1) is 0 Å². The van der Waals surface area contributed by atoms with Gasteiger partial charge in [-0.25, -0.2) is 9.59 Å². The van der Waals surface area contributed by atoms with Crippen molar-refractivity contribution in [3.8, 4) is 0 Å². The molecule has 1 heterocycles. The van der Waals surface area contributed by atoms with Gasteiger partial charge in [0, 0.05) is 11.7 Å². The summed E-state index contributed by atoms with van der Waals surface area (Å²) in [7, 11) is 2.52. The SMILES string of the molecule is COC(=O)c1ccc(C(=O)OC)c(NC(=O)CN2c3ccccc3C[C@@H]2C)c1. The maximum Gasteiger partial charge on any atom is 0.339 e. The van der Waals surface area contributed by atoms with E-state index in [2.05, 4.69) is 18.3 Å². The molecule has 0 spiro atoms. The number of nitrogens with zero attached hydrogens (tertiary/aromatic N) is 1. The first kappa shape index (κ1) is 19.4. The third-order valence-corrected chi connectivity index (χ3v) is 4.78. The van der Waals surface area contributed by atoms with Crippen molar-refractivity contribution in [2.24, 2.45) is 0 Å². The summed E-state index contributed by atoms with van der Waals surface area (Å²) in [6, 6.07) is 12.4. The topological polar surface area (TPSA) is 84.9 Å². The van der Waals surface area contributed by atoms with Crippen LogP contribution in [0.3, 0.4) is 0 Å². The standard InChI is InChI=1S/C21H22N2O5/c1-13-10-14-6-4-5-7-18(14)23(13)12-19(24)22-17-11-15(20(25)27-2)8-9-16(17)21(26)28-3/h4-9,11,13H,10,12H2,1-3H3,(H,22,24)/t13-/m0/s1. The zero-order valence-corrected chi connectivity index (χ0v) is 16.0. The van der Waals surface area contributed by atoms with Crippen molar-refractivity contribution in [1.29, 1.82) is 0 Å². The number of hydrogen-bond acceptors (Lipinski definition) is 6. The molecule has 0 saturated carbocycles. The highest BCUT2D eigenvalue weighted by Gasteiger charge is 2.27. The molecule has 0 bridgehead atoms. The highest BCUT2D eigenvalue weighted by molar-refractivity contribution is 6.04. The number of amides is 1. The van der Waals surface area contributed by atoms with E-state index < -0.39 is 11.9 Å². The van der Waals surface area contributed by atoms with E-state index in [1.807, 2.05) is 23.1 Å². The Kier molecular flexibility index (Phi) is 5.63. The summed E-state index contributed by atoms with van der Waals surface area (Å²) in [5.41, 5.74) is 2.83. The quantitative estimate of drug-likeness (QED) is 0.801. The summed E-state index contributed by atoms with van der Waals surface area (Å²) in [6.45, 7) is 2.19. The van der Waals surface area contributed by atoms with Gasteiger partial charge in [-0.15, -0.1) is 0 Å². The Balaban J connectivity index is 1.83. The minimum atomic E-state index is -0.605. The molecule has 28 heavy (non-hydrogen) atoms. The van der Waals surface area contributed by atoms with Gasteiger partial charge < -0.3 is 19.7 Å². The molecule has 1 N–H and O–H groups in total. The molecule has 0 radical (unpaired) electrons. The number of para-hydroxylation sites is 1. The van der Waals surface area contributed by atoms with E-state index >= 15 is 0 Å². The van der Waals surface area contributed by atoms with Gasteiger partial charge in [-0.05, 0) is 43.2 Å². The van der Waals surface area contributed by atoms with E-state index in [0.29, 0.717) is 0 Å². The van der Waals surface area contributed by atoms with Crippen LogP contribution < -0.4 is 10.2 Å². The lowest BCUT2D eigenvalue weighted by Crippen LogP contribution is -2.37. The van der Waals surface area contributed by atoms with Gasteiger partial charge in [-0.1, -0.05) is 18.2 Å². The van der Waals surface area contributed by atoms with Gasteiger partial charge in [0.05, 0.1) is 37.6 Å². The Bertz CT molecular complexity index is 925. The van der Waals surface area contributed by atoms with Crippen molar-refractivity contribution in [1.82, 2.24) is 0 Å². The fraction of sp³-hybridized carbons (Fsp3) is 0.286. The number of rotatable bonds is 5. The van der Waals surface area contributed by atoms with Crippen molar-refractivity contribution in [3.05, 3.63) is 59.2 Å². The smallest absolute Gasteiger partial charge is 0.339 e. The number of esters is 2. The molecule has 0 saturated heterocycles. The Morgan fingerprint density at radius 3 is 2.50 bits per heavy atom. The van der Waals surface area contributed by atoms with Gasteiger partial charge in [0.2, 0.25) is 5.91 Å². The number of fused-ring (bicyclic) bond motifs is 1. The molecular weight excluding hydrogens is 360 g/mol. The van der Waals surface area contributed by atoms with Gasteiger partial charge in [-0.2, -0.15) is 0 Å². The highest BCUT2D eigenvalue weighted by atomic mass is 16.5. The van der Waals surface area contributed by atoms with E-state index in [1.54, 1.807) is 0 Å². The second kappa shape index (κ2) is 8.12. The molecule has 2 aromatic carbocycles. The van der Waals surface area contributed by atoms with Crippen LogP contribution in [0.15, 0.2) is 42.5 Å². The first-order valence-electron chi connectivity index (χ1n) is 8.89. The molecule has 0 unspecified atom stereocenters. The predicted octanol–water partition coefficient (Wildman–Crippen LogP) is 2.65. The number of anilines is 2. The fourth-order valence-electron chi connectivity index (χ4n) is 3.40. The Morgan fingerprint density at radius 1 is 1.07 bits per heavy atom. The molecule has 1 amide bonds. The summed E-state index contributed by atoms with van der Waals surface area (Å²) < 4.78 is 9.47. The number of carbonyl (C=O) groups is 3. The first-order valence-corrected chi connectivity index (χ1v) is 8.89. The van der Waals surface area contributed by atoms with Crippen LogP contribution >= 0.6 is 0 Å². The van der Waals surface area contributed by atoms with Gasteiger partial charge in [0.25, 0.3) is 0 Å². The molecule has 7 nitrogen and oxygen atoms in total. The highest BCUT2D eigenvalue weighted by Crippen LogP contribution is 2.31. The molecular formula is C21H22N2O5. The summed E-state index contributed by atoms with van der Waals surface area (Å²) >= 11 is 0. The van der Waals surface area contributed by atoms with E-state index in [0.717, 1.165) is 12.1 Å². The van der Waals surface area contributed by atoms with Gasteiger partial charge in [0.15, 0.2) is 0 Å². The van der Waals surface area contributed by atoms with Crippen molar-refractivity contribution in [2.75, 3.05) is 31.0 Å². The van der Waals surface area contributed by atoms with Crippen LogP contribution in [-0.2, 0) is 20.7 Å². The summed E-state index contributed by atoms with van der Waals surface area (Å²) in [5, 5.41) is 2.73. The summed E-state index contributed by atoms with van der Waals surface area (Å²) in [5.74, 6) is -1.46. The fourth-order valence-corrected chi connectivity index (χ4v) is 3.40. The molecule has 0 aliphatic carbocycles. The Labute approximate surface area is 163 Å². The molecule has 1 aliphatic heterocycles. The maximum atomic E-state index is 12.7. The predicted molar refractivity (Wildman–Crippen MR) is 105 cm³/mol. The largest absolute Gasteiger partial charge is 0.465 e. The monoisotopic (exact) mass is 382 g/mol. The molecule has 0 aromatic heterocycles. The average Bonchev–Trinajstić information content (AvgIpc) is 3.01. The Hall–Kier alpha value is -3.35. The molecule has 1 atom stereocenters.